The van der Waals surface area contributed by atoms with Crippen LogP contribution in [0.1, 0.15) is 19.4 Å². The maximum Gasteiger partial charge on any atom is 0.233 e. The Morgan fingerprint density at radius 2 is 1.81 bits per heavy atom. The topological polar surface area (TPSA) is 50.3 Å². The third-order valence-electron chi connectivity index (χ3n) is 4.19. The Morgan fingerprint density at radius 1 is 1.14 bits per heavy atom. The van der Waals surface area contributed by atoms with Crippen LogP contribution in [-0.2, 0) is 16.1 Å². The van der Waals surface area contributed by atoms with E-state index in [9.17, 15) is 9.59 Å². The first-order valence-electron chi connectivity index (χ1n) is 6.88. The van der Waals surface area contributed by atoms with Crippen molar-refractivity contribution >= 4 is 38.6 Å². The molecule has 3 rings (SSSR count). The Hall–Kier alpha value is -1.75. The predicted octanol–water partition coefficient (Wildman–Crippen LogP) is 3.14. The molecule has 2 atom stereocenters. The Kier molecular flexibility index (Phi) is 3.53. The first kappa shape index (κ1) is 14.2. The van der Waals surface area contributed by atoms with Gasteiger partial charge in [0.25, 0.3) is 0 Å². The molecular weight excluding hydrogens is 332 g/mol. The Balaban J connectivity index is 2.02. The zero-order valence-corrected chi connectivity index (χ0v) is 13.4. The molecule has 1 aliphatic rings. The van der Waals surface area contributed by atoms with Crippen molar-refractivity contribution in [2.75, 3.05) is 0 Å². The highest BCUT2D eigenvalue weighted by atomic mass is 79.9. The monoisotopic (exact) mass is 346 g/mol. The van der Waals surface area contributed by atoms with Crippen molar-refractivity contribution in [2.24, 2.45) is 11.8 Å². The zero-order chi connectivity index (χ0) is 15.1. The Morgan fingerprint density at radius 3 is 2.48 bits per heavy atom. The highest BCUT2D eigenvalue weighted by Crippen LogP contribution is 2.30. The average molecular weight is 347 g/mol. The van der Waals surface area contributed by atoms with Gasteiger partial charge in [-0.15, -0.1) is 0 Å². The molecule has 2 aromatic rings. The number of carbonyl (C=O) groups excluding carboxylic acids is 2. The average Bonchev–Trinajstić information content (AvgIpc) is 2.68. The molecule has 0 N–H and O–H groups in total. The summed E-state index contributed by atoms with van der Waals surface area (Å²) in [5.41, 5.74) is 1.71. The van der Waals surface area contributed by atoms with Crippen LogP contribution in [0.15, 0.2) is 34.9 Å². The summed E-state index contributed by atoms with van der Waals surface area (Å²) in [6.45, 7) is 3.90. The van der Waals surface area contributed by atoms with E-state index in [1.54, 1.807) is 6.20 Å². The second-order valence-electron chi connectivity index (χ2n) is 5.45. The van der Waals surface area contributed by atoms with Gasteiger partial charge in [-0.1, -0.05) is 41.9 Å². The number of hydrogen-bond acceptors (Lipinski definition) is 3. The van der Waals surface area contributed by atoms with E-state index in [4.69, 9.17) is 0 Å². The molecule has 21 heavy (non-hydrogen) atoms. The number of amides is 2. The SMILES string of the molecule is C[C@@H]1C(=O)N(Cc2ccc(Br)c3cccnc23)C(=O)[C@H]1C. The molecular formula is C16H15BrN2O2. The lowest BCUT2D eigenvalue weighted by Gasteiger charge is -2.16. The molecule has 2 amide bonds. The van der Waals surface area contributed by atoms with Crippen molar-refractivity contribution in [3.63, 3.8) is 0 Å². The smallest absolute Gasteiger partial charge is 0.233 e. The Bertz CT molecular complexity index is 724. The van der Waals surface area contributed by atoms with Gasteiger partial charge in [0.15, 0.2) is 0 Å². The van der Waals surface area contributed by atoms with Crippen molar-refractivity contribution in [1.82, 2.24) is 9.88 Å². The summed E-state index contributed by atoms with van der Waals surface area (Å²) in [5.74, 6) is -0.682. The third kappa shape index (κ3) is 2.25. The van der Waals surface area contributed by atoms with Crippen molar-refractivity contribution in [2.45, 2.75) is 20.4 Å². The van der Waals surface area contributed by atoms with Gasteiger partial charge in [-0.3, -0.25) is 19.5 Å². The van der Waals surface area contributed by atoms with Gasteiger partial charge < -0.3 is 0 Å². The number of halogens is 1. The van der Waals surface area contributed by atoms with E-state index in [1.165, 1.54) is 4.90 Å². The van der Waals surface area contributed by atoms with E-state index in [1.807, 2.05) is 38.1 Å². The number of fused-ring (bicyclic) bond motifs is 1. The van der Waals surface area contributed by atoms with E-state index >= 15 is 0 Å². The van der Waals surface area contributed by atoms with Crippen LogP contribution in [0.2, 0.25) is 0 Å². The number of nitrogens with zero attached hydrogens (tertiary/aromatic N) is 2. The minimum atomic E-state index is -0.243. The van der Waals surface area contributed by atoms with Gasteiger partial charge in [0.2, 0.25) is 11.8 Å². The first-order chi connectivity index (χ1) is 10.0. The number of rotatable bonds is 2. The van der Waals surface area contributed by atoms with Crippen molar-refractivity contribution in [1.29, 1.82) is 0 Å². The van der Waals surface area contributed by atoms with Gasteiger partial charge in [-0.05, 0) is 17.7 Å². The van der Waals surface area contributed by atoms with Crippen LogP contribution in [0.4, 0.5) is 0 Å². The van der Waals surface area contributed by atoms with Crippen LogP contribution in [0.3, 0.4) is 0 Å². The minimum absolute atomic E-state index is 0.0977. The molecule has 1 fully saturated rings. The lowest BCUT2D eigenvalue weighted by atomic mass is 10.00. The number of likely N-dealkylation sites (tertiary alicyclic amines) is 1. The van der Waals surface area contributed by atoms with Gasteiger partial charge in [-0.25, -0.2) is 0 Å². The van der Waals surface area contributed by atoms with Crippen molar-refractivity contribution in [3.8, 4) is 0 Å². The highest BCUT2D eigenvalue weighted by molar-refractivity contribution is 9.10. The van der Waals surface area contributed by atoms with E-state index in [0.29, 0.717) is 0 Å². The normalized spacial score (nSPS) is 22.3. The fraction of sp³-hybridized carbons (Fsp3) is 0.312. The fourth-order valence-corrected chi connectivity index (χ4v) is 3.13. The van der Waals surface area contributed by atoms with Gasteiger partial charge in [0.1, 0.15) is 0 Å². The summed E-state index contributed by atoms with van der Waals surface area (Å²) >= 11 is 3.50. The van der Waals surface area contributed by atoms with Gasteiger partial charge >= 0.3 is 0 Å². The maximum atomic E-state index is 12.2. The molecule has 5 heteroatoms. The van der Waals surface area contributed by atoms with Crippen molar-refractivity contribution in [3.05, 3.63) is 40.5 Å². The summed E-state index contributed by atoms with van der Waals surface area (Å²) < 4.78 is 0.954. The van der Waals surface area contributed by atoms with Crippen LogP contribution in [0.5, 0.6) is 0 Å². The minimum Gasteiger partial charge on any atom is -0.278 e. The molecule has 0 radical (unpaired) electrons. The third-order valence-corrected chi connectivity index (χ3v) is 4.88. The Labute approximate surface area is 131 Å². The van der Waals surface area contributed by atoms with Gasteiger partial charge in [0, 0.05) is 27.9 Å². The summed E-state index contributed by atoms with van der Waals surface area (Å²) in [7, 11) is 0. The quantitative estimate of drug-likeness (QED) is 0.785. The molecule has 1 saturated heterocycles. The summed E-state index contributed by atoms with van der Waals surface area (Å²) in [6.07, 6.45) is 1.72. The van der Waals surface area contributed by atoms with Crippen molar-refractivity contribution < 1.29 is 9.59 Å². The standard InChI is InChI=1S/C16H15BrN2O2/c1-9-10(2)16(21)19(15(9)20)8-11-5-6-13(17)12-4-3-7-18-14(11)12/h3-7,9-10H,8H2,1-2H3/t9-,10-/m0/s1. The number of benzene rings is 1. The second kappa shape index (κ2) is 5.22. The highest BCUT2D eigenvalue weighted by Gasteiger charge is 2.42. The number of hydrogen-bond donors (Lipinski definition) is 0. The molecule has 0 bridgehead atoms. The largest absolute Gasteiger partial charge is 0.278 e. The second-order valence-corrected chi connectivity index (χ2v) is 6.30. The van der Waals surface area contributed by atoms with E-state index in [-0.39, 0.29) is 30.2 Å². The van der Waals surface area contributed by atoms with Gasteiger partial charge in [0.05, 0.1) is 12.1 Å². The molecule has 2 heterocycles. The van der Waals surface area contributed by atoms with E-state index in [0.717, 1.165) is 20.9 Å². The number of pyridine rings is 1. The van der Waals surface area contributed by atoms with Gasteiger partial charge in [-0.2, -0.15) is 0 Å². The molecule has 1 aromatic carbocycles. The summed E-state index contributed by atoms with van der Waals surface area (Å²) in [4.78, 5) is 30.2. The van der Waals surface area contributed by atoms with E-state index in [2.05, 4.69) is 20.9 Å². The van der Waals surface area contributed by atoms with E-state index < -0.39 is 0 Å². The van der Waals surface area contributed by atoms with Crippen LogP contribution in [-0.4, -0.2) is 21.7 Å². The van der Waals surface area contributed by atoms with Crippen LogP contribution < -0.4 is 0 Å². The van der Waals surface area contributed by atoms with Crippen LogP contribution in [0, 0.1) is 11.8 Å². The maximum absolute atomic E-state index is 12.2. The molecule has 0 spiro atoms. The molecule has 1 aromatic heterocycles. The lowest BCUT2D eigenvalue weighted by Crippen LogP contribution is -2.30. The van der Waals surface area contributed by atoms with Crippen LogP contribution >= 0.6 is 15.9 Å². The predicted molar refractivity (Wildman–Crippen MR) is 83.3 cm³/mol. The first-order valence-corrected chi connectivity index (χ1v) is 7.67. The molecule has 0 unspecified atom stereocenters. The van der Waals surface area contributed by atoms with Crippen LogP contribution in [0.25, 0.3) is 10.9 Å². The molecule has 1 aliphatic heterocycles. The molecule has 4 nitrogen and oxygen atoms in total. The molecule has 0 aliphatic carbocycles. The number of carbonyl (C=O) groups is 2. The summed E-state index contributed by atoms with van der Waals surface area (Å²) in [5, 5.41) is 0.982. The summed E-state index contributed by atoms with van der Waals surface area (Å²) in [6, 6.07) is 7.67. The lowest BCUT2D eigenvalue weighted by molar-refractivity contribution is -0.140. The zero-order valence-electron chi connectivity index (χ0n) is 11.8. The molecule has 108 valence electrons. The number of imide groups is 1. The number of aromatic nitrogens is 1. The fourth-order valence-electron chi connectivity index (χ4n) is 2.68. The molecule has 0 saturated carbocycles.